The van der Waals surface area contributed by atoms with Crippen LogP contribution in [0.25, 0.3) is 0 Å². The first kappa shape index (κ1) is 12.2. The Hall–Kier alpha value is -1.84. The second-order valence-electron chi connectivity index (χ2n) is 5.71. The van der Waals surface area contributed by atoms with Crippen molar-refractivity contribution in [3.63, 3.8) is 0 Å². The summed E-state index contributed by atoms with van der Waals surface area (Å²) in [5.41, 5.74) is 2.69. The van der Waals surface area contributed by atoms with Crippen molar-refractivity contribution in [3.8, 4) is 0 Å². The molecule has 19 heavy (non-hydrogen) atoms. The number of nitrogens with zero attached hydrogens (tertiary/aromatic N) is 1. The fraction of sp³-hybridized carbons (Fsp3) is 0.467. The quantitative estimate of drug-likeness (QED) is 0.848. The van der Waals surface area contributed by atoms with Crippen LogP contribution in [0.15, 0.2) is 23.2 Å². The first-order valence-corrected chi connectivity index (χ1v) is 6.74. The Morgan fingerprint density at radius 3 is 2.63 bits per heavy atom. The monoisotopic (exact) mass is 257 g/mol. The molecule has 1 aromatic rings. The van der Waals surface area contributed by atoms with E-state index in [9.17, 15) is 4.79 Å². The summed E-state index contributed by atoms with van der Waals surface area (Å²) >= 11 is 0. The highest BCUT2D eigenvalue weighted by molar-refractivity contribution is 6.09. The molecule has 4 heteroatoms. The molecule has 1 unspecified atom stereocenters. The lowest BCUT2D eigenvalue weighted by Gasteiger charge is -2.22. The first-order valence-electron chi connectivity index (χ1n) is 6.74. The predicted molar refractivity (Wildman–Crippen MR) is 75.0 cm³/mol. The number of hydrogen-bond donors (Lipinski definition) is 2. The van der Waals surface area contributed by atoms with E-state index >= 15 is 0 Å². The molecule has 1 aromatic carbocycles. The fourth-order valence-electron chi connectivity index (χ4n) is 2.26. The van der Waals surface area contributed by atoms with Crippen molar-refractivity contribution in [1.29, 1.82) is 0 Å². The summed E-state index contributed by atoms with van der Waals surface area (Å²) < 4.78 is 0. The van der Waals surface area contributed by atoms with Gasteiger partial charge in [0.2, 0.25) is 0 Å². The summed E-state index contributed by atoms with van der Waals surface area (Å²) in [6, 6.07) is 6.53. The van der Waals surface area contributed by atoms with Crippen LogP contribution in [0, 0.1) is 13.8 Å². The average Bonchev–Trinajstić information content (AvgIpc) is 3.10. The Kier molecular flexibility index (Phi) is 2.62. The SMILES string of the molecule is Cc1ccc(C2(C)NC(=NC3CC3)NC2=O)cc1C. The lowest BCUT2D eigenvalue weighted by atomic mass is 9.90. The third-order valence-electron chi connectivity index (χ3n) is 4.00. The molecule has 1 aliphatic carbocycles. The van der Waals surface area contributed by atoms with E-state index in [1.54, 1.807) is 0 Å². The third-order valence-corrected chi connectivity index (χ3v) is 4.00. The Labute approximate surface area is 113 Å². The van der Waals surface area contributed by atoms with Crippen molar-refractivity contribution >= 4 is 11.9 Å². The summed E-state index contributed by atoms with van der Waals surface area (Å²) in [7, 11) is 0. The lowest BCUT2D eigenvalue weighted by Crippen LogP contribution is -2.40. The molecule has 2 aliphatic rings. The third kappa shape index (κ3) is 2.11. The second kappa shape index (κ2) is 4.08. The molecule has 0 bridgehead atoms. The minimum atomic E-state index is -0.716. The maximum atomic E-state index is 12.3. The molecular formula is C15H19N3O. The Bertz CT molecular complexity index is 575. The van der Waals surface area contributed by atoms with Crippen LogP contribution in [0.2, 0.25) is 0 Å². The molecule has 0 radical (unpaired) electrons. The van der Waals surface area contributed by atoms with Gasteiger partial charge in [-0.15, -0.1) is 0 Å². The van der Waals surface area contributed by atoms with Crippen molar-refractivity contribution in [2.45, 2.75) is 45.2 Å². The van der Waals surface area contributed by atoms with Crippen molar-refractivity contribution in [2.75, 3.05) is 0 Å². The number of aliphatic imine (C=N–C) groups is 1. The molecule has 0 aromatic heterocycles. The number of nitrogens with one attached hydrogen (secondary N) is 2. The van der Waals surface area contributed by atoms with E-state index in [2.05, 4.69) is 41.6 Å². The molecule has 0 spiro atoms. The molecular weight excluding hydrogens is 238 g/mol. The van der Waals surface area contributed by atoms with Crippen LogP contribution in [0.3, 0.4) is 0 Å². The largest absolute Gasteiger partial charge is 0.338 e. The molecule has 1 aliphatic heterocycles. The van der Waals surface area contributed by atoms with E-state index in [0.29, 0.717) is 12.0 Å². The summed E-state index contributed by atoms with van der Waals surface area (Å²) in [5, 5.41) is 6.09. The van der Waals surface area contributed by atoms with Gasteiger partial charge in [0.15, 0.2) is 5.96 Å². The normalized spacial score (nSPS) is 28.4. The molecule has 1 heterocycles. The van der Waals surface area contributed by atoms with Crippen LogP contribution in [-0.2, 0) is 10.3 Å². The van der Waals surface area contributed by atoms with Crippen LogP contribution in [0.4, 0.5) is 0 Å². The molecule has 2 fully saturated rings. The van der Waals surface area contributed by atoms with Crippen molar-refractivity contribution in [1.82, 2.24) is 10.6 Å². The fourth-order valence-corrected chi connectivity index (χ4v) is 2.26. The van der Waals surface area contributed by atoms with Gasteiger partial charge in [0.25, 0.3) is 5.91 Å². The lowest BCUT2D eigenvalue weighted by molar-refractivity contribution is -0.123. The summed E-state index contributed by atoms with van der Waals surface area (Å²) in [5.74, 6) is 0.586. The van der Waals surface area contributed by atoms with Gasteiger partial charge in [-0.05, 0) is 50.3 Å². The maximum Gasteiger partial charge on any atom is 0.256 e. The Morgan fingerprint density at radius 1 is 1.26 bits per heavy atom. The van der Waals surface area contributed by atoms with Gasteiger partial charge in [0, 0.05) is 0 Å². The minimum Gasteiger partial charge on any atom is -0.338 e. The van der Waals surface area contributed by atoms with Gasteiger partial charge in [-0.2, -0.15) is 0 Å². The van der Waals surface area contributed by atoms with E-state index in [-0.39, 0.29) is 5.91 Å². The van der Waals surface area contributed by atoms with Crippen LogP contribution < -0.4 is 10.6 Å². The number of hydrogen-bond acceptors (Lipinski definition) is 2. The highest BCUT2D eigenvalue weighted by atomic mass is 16.2. The number of aryl methyl sites for hydroxylation is 2. The highest BCUT2D eigenvalue weighted by Gasteiger charge is 2.43. The summed E-state index contributed by atoms with van der Waals surface area (Å²) in [4.78, 5) is 16.7. The standard InChI is InChI=1S/C15H19N3O/c1-9-4-5-11(8-10(9)2)15(3)13(19)17-14(18-15)16-12-6-7-12/h4-5,8,12H,6-7H2,1-3H3,(H2,16,17,18,19). The number of guanidine groups is 1. The summed E-state index contributed by atoms with van der Waals surface area (Å²) in [6.45, 7) is 6.04. The second-order valence-corrected chi connectivity index (χ2v) is 5.71. The number of carbonyl (C=O) groups is 1. The van der Waals surface area contributed by atoms with Crippen LogP contribution >= 0.6 is 0 Å². The topological polar surface area (TPSA) is 53.5 Å². The minimum absolute atomic E-state index is 0.0323. The maximum absolute atomic E-state index is 12.3. The molecule has 1 amide bonds. The van der Waals surface area contributed by atoms with E-state index in [1.165, 1.54) is 11.1 Å². The van der Waals surface area contributed by atoms with Crippen molar-refractivity contribution in [2.24, 2.45) is 4.99 Å². The smallest absolute Gasteiger partial charge is 0.256 e. The van der Waals surface area contributed by atoms with E-state index in [0.717, 1.165) is 18.4 Å². The van der Waals surface area contributed by atoms with Gasteiger partial charge in [-0.25, -0.2) is 4.99 Å². The first-order chi connectivity index (χ1) is 8.99. The molecule has 1 saturated carbocycles. The van der Waals surface area contributed by atoms with Gasteiger partial charge in [0.1, 0.15) is 5.54 Å². The van der Waals surface area contributed by atoms with Crippen molar-refractivity contribution < 1.29 is 4.79 Å². The highest BCUT2D eigenvalue weighted by Crippen LogP contribution is 2.28. The van der Waals surface area contributed by atoms with Gasteiger partial charge in [-0.3, -0.25) is 10.1 Å². The number of amides is 1. The van der Waals surface area contributed by atoms with E-state index in [1.807, 2.05) is 13.0 Å². The van der Waals surface area contributed by atoms with Gasteiger partial charge in [0.05, 0.1) is 6.04 Å². The Morgan fingerprint density at radius 2 is 2.00 bits per heavy atom. The van der Waals surface area contributed by atoms with Gasteiger partial charge < -0.3 is 5.32 Å². The van der Waals surface area contributed by atoms with Crippen LogP contribution in [0.5, 0.6) is 0 Å². The van der Waals surface area contributed by atoms with Gasteiger partial charge >= 0.3 is 0 Å². The van der Waals surface area contributed by atoms with E-state index in [4.69, 9.17) is 0 Å². The zero-order chi connectivity index (χ0) is 13.6. The zero-order valence-electron chi connectivity index (χ0n) is 11.6. The molecule has 100 valence electrons. The summed E-state index contributed by atoms with van der Waals surface area (Å²) in [6.07, 6.45) is 2.25. The number of rotatable bonds is 2. The van der Waals surface area contributed by atoms with Crippen LogP contribution in [0.1, 0.15) is 36.5 Å². The van der Waals surface area contributed by atoms with Gasteiger partial charge in [-0.1, -0.05) is 18.2 Å². The van der Waals surface area contributed by atoms with E-state index < -0.39 is 5.54 Å². The average molecular weight is 257 g/mol. The van der Waals surface area contributed by atoms with Crippen molar-refractivity contribution in [3.05, 3.63) is 34.9 Å². The molecule has 3 rings (SSSR count). The molecule has 4 nitrogen and oxygen atoms in total. The zero-order valence-corrected chi connectivity index (χ0v) is 11.6. The molecule has 1 saturated heterocycles. The predicted octanol–water partition coefficient (Wildman–Crippen LogP) is 1.76. The number of carbonyl (C=O) groups excluding carboxylic acids is 1. The van der Waals surface area contributed by atoms with Crippen LogP contribution in [-0.4, -0.2) is 17.9 Å². The molecule has 1 atom stereocenters. The Balaban J connectivity index is 1.93. The molecule has 2 N–H and O–H groups in total. The number of benzene rings is 1.